The Hall–Kier alpha value is 0.145. The number of aliphatic imine (C=N–C) groups is 1. The van der Waals surface area contributed by atoms with E-state index in [2.05, 4.69) is 45.7 Å². The van der Waals surface area contributed by atoms with Crippen molar-refractivity contribution < 1.29 is 4.92 Å². The second-order valence-corrected chi connectivity index (χ2v) is 8.11. The molecule has 1 heterocycles. The first-order valence-corrected chi connectivity index (χ1v) is 7.99. The summed E-state index contributed by atoms with van der Waals surface area (Å²) in [5.74, 6) is 0. The molecule has 0 spiro atoms. The second kappa shape index (κ2) is 10.1. The van der Waals surface area contributed by atoms with Crippen molar-refractivity contribution in [1.82, 2.24) is 0 Å². The maximum atomic E-state index is 10.7. The number of alkyl halides is 4. The normalized spacial score (nSPS) is 12.0. The standard InChI is InChI=1S/C9H7BrN2O2.CCl4.BHNS/c1-5-2-6-4-11-9(10)7(6)3-8(5)12(13)14;2-1(3,4)5;1-2-3/h2-3H,4H2,1H3;;3H. The van der Waals surface area contributed by atoms with Crippen LogP contribution in [0, 0.1) is 17.0 Å². The molecule has 119 valence electrons. The summed E-state index contributed by atoms with van der Waals surface area (Å²) in [5.41, 5.74) is 2.71. The molecule has 0 aliphatic carbocycles. The molecular weight excluding hydrogens is 459 g/mol. The summed E-state index contributed by atoms with van der Waals surface area (Å²) >= 11 is 25.8. The molecule has 1 aromatic rings. The average molecular weight is 467 g/mol. The van der Waals surface area contributed by atoms with E-state index in [9.17, 15) is 10.1 Å². The molecule has 1 aliphatic rings. The number of hydrogen-bond donors (Lipinski definition) is 1. The van der Waals surface area contributed by atoms with E-state index in [0.29, 0.717) is 16.7 Å². The molecule has 0 amide bonds. The summed E-state index contributed by atoms with van der Waals surface area (Å²) in [6.45, 7) is 2.35. The van der Waals surface area contributed by atoms with E-state index < -0.39 is 3.25 Å². The van der Waals surface area contributed by atoms with Crippen LogP contribution in [0.3, 0.4) is 0 Å². The number of thiol groups is 1. The van der Waals surface area contributed by atoms with Gasteiger partial charge in [0.15, 0.2) is 0 Å². The van der Waals surface area contributed by atoms with Crippen LogP contribution in [0.15, 0.2) is 21.4 Å². The van der Waals surface area contributed by atoms with E-state index in [4.69, 9.17) is 46.4 Å². The van der Waals surface area contributed by atoms with Gasteiger partial charge in [0.25, 0.3) is 8.94 Å². The molecule has 0 fully saturated rings. The number of benzene rings is 1. The van der Waals surface area contributed by atoms with E-state index in [0.717, 1.165) is 11.1 Å². The number of halogens is 5. The molecule has 0 bridgehead atoms. The molecule has 1 aliphatic heterocycles. The molecule has 12 heteroatoms. The van der Waals surface area contributed by atoms with Gasteiger partial charge in [0.2, 0.25) is 0 Å². The van der Waals surface area contributed by atoms with Gasteiger partial charge < -0.3 is 0 Å². The van der Waals surface area contributed by atoms with Crippen LogP contribution in [0.1, 0.15) is 16.7 Å². The van der Waals surface area contributed by atoms with Gasteiger partial charge in [-0.1, -0.05) is 46.4 Å². The number of fused-ring (bicyclic) bond motifs is 1. The molecule has 0 unspecified atom stereocenters. The van der Waals surface area contributed by atoms with Crippen molar-refractivity contribution in [3.05, 3.63) is 38.9 Å². The van der Waals surface area contributed by atoms with Gasteiger partial charge in [0.05, 0.1) is 11.5 Å². The monoisotopic (exact) mass is 464 g/mol. The predicted molar refractivity (Wildman–Crippen MR) is 100 cm³/mol. The molecule has 0 saturated carbocycles. The Balaban J connectivity index is 0.000000465. The topological polar surface area (TPSA) is 67.9 Å². The summed E-state index contributed by atoms with van der Waals surface area (Å²) in [5, 5.41) is 10.7. The van der Waals surface area contributed by atoms with Gasteiger partial charge in [0.1, 0.15) is 4.62 Å². The number of aryl methyl sites for hydroxylation is 1. The van der Waals surface area contributed by atoms with Crippen molar-refractivity contribution >= 4 is 93.1 Å². The van der Waals surface area contributed by atoms with Gasteiger partial charge in [-0.15, -0.1) is 0 Å². The Morgan fingerprint density at radius 2 is 1.91 bits per heavy atom. The van der Waals surface area contributed by atoms with Crippen molar-refractivity contribution in [2.45, 2.75) is 16.7 Å². The molecule has 5 nitrogen and oxygen atoms in total. The van der Waals surface area contributed by atoms with Gasteiger partial charge in [-0.25, -0.2) is 0 Å². The van der Waals surface area contributed by atoms with Crippen LogP contribution in [-0.4, -0.2) is 20.4 Å². The van der Waals surface area contributed by atoms with Gasteiger partial charge in [-0.05, 0) is 34.5 Å². The Morgan fingerprint density at radius 1 is 1.45 bits per heavy atom. The number of nitro benzene ring substituents is 1. The third kappa shape index (κ3) is 8.69. The molecule has 1 aromatic carbocycles. The molecule has 0 atom stereocenters. The van der Waals surface area contributed by atoms with E-state index in [1.807, 2.05) is 6.07 Å². The van der Waals surface area contributed by atoms with Crippen molar-refractivity contribution in [1.29, 1.82) is 0 Å². The quantitative estimate of drug-likeness (QED) is 0.201. The van der Waals surface area contributed by atoms with E-state index in [1.165, 1.54) is 0 Å². The zero-order valence-corrected chi connectivity index (χ0v) is 16.4. The molecule has 0 aromatic heterocycles. The molecule has 0 saturated heterocycles. The third-order valence-electron chi connectivity index (χ3n) is 2.23. The second-order valence-electron chi connectivity index (χ2n) is 3.70. The van der Waals surface area contributed by atoms with Crippen molar-refractivity contribution in [3.63, 3.8) is 0 Å². The Labute approximate surface area is 162 Å². The predicted octanol–water partition coefficient (Wildman–Crippen LogP) is 5.29. The van der Waals surface area contributed by atoms with Crippen LogP contribution in [0.2, 0.25) is 0 Å². The summed E-state index contributed by atoms with van der Waals surface area (Å²) < 4.78 is 1.79. The fourth-order valence-corrected chi connectivity index (χ4v) is 2.01. The summed E-state index contributed by atoms with van der Waals surface area (Å²) in [6.07, 6.45) is 0. The first-order chi connectivity index (χ1) is 10.0. The van der Waals surface area contributed by atoms with Crippen molar-refractivity contribution in [2.75, 3.05) is 0 Å². The molecule has 0 N–H and O–H groups in total. The van der Waals surface area contributed by atoms with Gasteiger partial charge in [-0.2, -0.15) is 0 Å². The molecular formula is C10H8BBrCl4N3O2S. The number of nitro groups is 1. The van der Waals surface area contributed by atoms with Crippen LogP contribution in [0.4, 0.5) is 5.69 Å². The molecule has 22 heavy (non-hydrogen) atoms. The SMILES string of the molecule is Cc1cc2c(cc1[N+](=O)[O-])C(Br)=NC2.ClC(Cl)(Cl)Cl.[B]=NS. The Bertz CT molecular complexity index is 592. The number of nitrogens with zero attached hydrogens (tertiary/aromatic N) is 3. The first-order valence-electron chi connectivity index (χ1n) is 5.29. The van der Waals surface area contributed by atoms with Crippen LogP contribution in [0.25, 0.3) is 0 Å². The van der Waals surface area contributed by atoms with Crippen molar-refractivity contribution in [3.8, 4) is 0 Å². The van der Waals surface area contributed by atoms with Gasteiger partial charge >= 0.3 is 24.8 Å². The number of rotatable bonds is 1. The van der Waals surface area contributed by atoms with Crippen LogP contribution < -0.4 is 0 Å². The zero-order valence-electron chi connectivity index (χ0n) is 10.9. The fraction of sp³-hybridized carbons (Fsp3) is 0.300. The fourth-order valence-electron chi connectivity index (χ4n) is 1.52. The zero-order chi connectivity index (χ0) is 17.5. The van der Waals surface area contributed by atoms with Crippen LogP contribution in [-0.2, 0) is 6.54 Å². The summed E-state index contributed by atoms with van der Waals surface area (Å²) in [4.78, 5) is 14.5. The third-order valence-corrected chi connectivity index (χ3v) is 2.91. The molecule has 2 rings (SSSR count). The Morgan fingerprint density at radius 3 is 2.32 bits per heavy atom. The first kappa shape index (κ1) is 22.1. The summed E-state index contributed by atoms with van der Waals surface area (Å²) in [7, 11) is 4.34. The van der Waals surface area contributed by atoms with Crippen LogP contribution in [0.5, 0.6) is 0 Å². The van der Waals surface area contributed by atoms with Gasteiger partial charge in [-0.3, -0.25) is 15.1 Å². The van der Waals surface area contributed by atoms with Crippen molar-refractivity contribution in [2.24, 2.45) is 9.29 Å². The molecule has 1 radical (unpaired) electrons. The van der Waals surface area contributed by atoms with E-state index in [-0.39, 0.29) is 10.6 Å². The Kier molecular flexibility index (Phi) is 10.2. The van der Waals surface area contributed by atoms with Gasteiger partial charge in [0, 0.05) is 17.2 Å². The summed E-state index contributed by atoms with van der Waals surface area (Å²) in [6, 6.07) is 3.40. The van der Waals surface area contributed by atoms with E-state index in [1.54, 1.807) is 13.0 Å². The minimum absolute atomic E-state index is 0.151. The van der Waals surface area contributed by atoms with Crippen LogP contribution >= 0.6 is 75.1 Å². The maximum absolute atomic E-state index is 10.7. The number of hydrogen-bond acceptors (Lipinski definition) is 5. The minimum atomic E-state index is -1.61. The van der Waals surface area contributed by atoms with E-state index >= 15 is 0 Å². The average Bonchev–Trinajstić information content (AvgIpc) is 2.68.